The number of hydrogen-bond donors (Lipinski definition) is 3. The first kappa shape index (κ1) is 24.9. The molecule has 0 radical (unpaired) electrons. The number of halogens is 1. The molecule has 0 aliphatic rings. The first-order valence-electron chi connectivity index (χ1n) is 8.66. The Morgan fingerprint density at radius 2 is 2.07 bits per heavy atom. The van der Waals surface area contributed by atoms with Gasteiger partial charge in [-0.25, -0.2) is 0 Å². The zero-order chi connectivity index (χ0) is 20.7. The Morgan fingerprint density at radius 1 is 1.37 bits per heavy atom. The number of carbonyl (C=O) groups is 1. The zero-order valence-electron chi connectivity index (χ0n) is 16.4. The molecule has 1 unspecified atom stereocenters. The number of carbonyl (C=O) groups excluding carboxylic acids is 1. The molecule has 5 nitrogen and oxygen atoms in total. The van der Waals surface area contributed by atoms with Crippen molar-refractivity contribution in [1.82, 2.24) is 5.32 Å². The van der Waals surface area contributed by atoms with Crippen molar-refractivity contribution in [2.45, 2.75) is 26.9 Å². The first-order chi connectivity index (χ1) is 12.9. The van der Waals surface area contributed by atoms with Crippen LogP contribution in [0.15, 0.2) is 48.1 Å². The van der Waals surface area contributed by atoms with Gasteiger partial charge < -0.3 is 20.3 Å². The second-order valence-corrected chi connectivity index (χ2v) is 5.90. The number of rotatable bonds is 8. The molecule has 1 atom stereocenters. The summed E-state index contributed by atoms with van der Waals surface area (Å²) in [5.41, 5.74) is 2.35. The molecule has 0 bridgehead atoms. The summed E-state index contributed by atoms with van der Waals surface area (Å²) in [7, 11) is 1.58. The van der Waals surface area contributed by atoms with E-state index in [0.29, 0.717) is 17.2 Å². The number of nitrogens with one attached hydrogen (secondary N) is 1. The van der Waals surface area contributed by atoms with Gasteiger partial charge in [-0.3, -0.25) is 4.79 Å². The van der Waals surface area contributed by atoms with E-state index in [1.165, 1.54) is 0 Å². The summed E-state index contributed by atoms with van der Waals surface area (Å²) in [6.07, 6.45) is 8.66. The zero-order valence-corrected chi connectivity index (χ0v) is 17.2. The van der Waals surface area contributed by atoms with Crippen LogP contribution in [0.4, 0.5) is 0 Å². The number of amides is 1. The molecule has 0 heterocycles. The van der Waals surface area contributed by atoms with Crippen LogP contribution in [0.5, 0.6) is 5.75 Å². The minimum absolute atomic E-state index is 0.00418. The second kappa shape index (κ2) is 15.0. The number of ether oxygens (including phenoxy) is 1. The van der Waals surface area contributed by atoms with Crippen LogP contribution in [-0.4, -0.2) is 48.4 Å². The van der Waals surface area contributed by atoms with E-state index in [1.54, 1.807) is 25.3 Å². The van der Waals surface area contributed by atoms with Gasteiger partial charge >= 0.3 is 0 Å². The molecule has 0 aliphatic carbocycles. The van der Waals surface area contributed by atoms with E-state index in [2.05, 4.69) is 5.32 Å². The fraction of sp³-hybridized carbons (Fsp3) is 0.381. The lowest BCUT2D eigenvalue weighted by molar-refractivity contribution is 0.0802. The van der Waals surface area contributed by atoms with E-state index >= 15 is 0 Å². The smallest absolute Gasteiger partial charge is 0.251 e. The lowest BCUT2D eigenvalue weighted by atomic mass is 10.1. The van der Waals surface area contributed by atoms with E-state index in [1.807, 2.05) is 51.2 Å². The van der Waals surface area contributed by atoms with Crippen LogP contribution in [0.2, 0.25) is 0 Å². The predicted molar refractivity (Wildman–Crippen MR) is 112 cm³/mol. The maximum absolute atomic E-state index is 12.0. The molecule has 1 aromatic rings. The summed E-state index contributed by atoms with van der Waals surface area (Å²) in [5, 5.41) is 20.6. The van der Waals surface area contributed by atoms with Crippen molar-refractivity contribution in [2.75, 3.05) is 26.1 Å². The minimum Gasteiger partial charge on any atom is -0.496 e. The number of hydrogen-bond acceptors (Lipinski definition) is 4. The van der Waals surface area contributed by atoms with Gasteiger partial charge in [0.15, 0.2) is 0 Å². The highest BCUT2D eigenvalue weighted by atomic mass is 35.5. The summed E-state index contributed by atoms with van der Waals surface area (Å²) in [6, 6.07) is 5.10. The van der Waals surface area contributed by atoms with Gasteiger partial charge in [0.05, 0.1) is 19.8 Å². The van der Waals surface area contributed by atoms with Gasteiger partial charge in [0.2, 0.25) is 0 Å². The van der Waals surface area contributed by atoms with Gasteiger partial charge in [0.1, 0.15) is 5.75 Å². The summed E-state index contributed by atoms with van der Waals surface area (Å²) < 4.78 is 5.29. The Labute approximate surface area is 167 Å². The molecule has 27 heavy (non-hydrogen) atoms. The summed E-state index contributed by atoms with van der Waals surface area (Å²) in [4.78, 5) is 12.0. The normalized spacial score (nSPS) is 12.6. The van der Waals surface area contributed by atoms with E-state index in [-0.39, 0.29) is 19.1 Å². The van der Waals surface area contributed by atoms with Crippen LogP contribution in [0, 0.1) is 0 Å². The molecule has 0 aromatic heterocycles. The minimum atomic E-state index is -0.959. The fourth-order valence-corrected chi connectivity index (χ4v) is 1.97. The molecular weight excluding hydrogens is 366 g/mol. The highest BCUT2D eigenvalue weighted by Crippen LogP contribution is 2.22. The third-order valence-corrected chi connectivity index (χ3v) is 3.68. The van der Waals surface area contributed by atoms with E-state index in [0.717, 1.165) is 11.1 Å². The van der Waals surface area contributed by atoms with Gasteiger partial charge in [0.25, 0.3) is 5.91 Å². The summed E-state index contributed by atoms with van der Waals surface area (Å²) in [5.74, 6) is 0.996. The van der Waals surface area contributed by atoms with E-state index < -0.39 is 6.10 Å². The standard InChI is InChI=1S/C17H23NO4.C4H7Cl/c1-4-12(2)5-6-13-9-14(7-8-16(13)22-3)17(21)18-10-15(20)11-19;1-2-3-4-5/h4-9,15,19-20H,10-11H2,1-3H3,(H,18,21);2-3H,4H2,1H3/b6-5+,12-4+;3-2-. The summed E-state index contributed by atoms with van der Waals surface area (Å²) >= 11 is 5.21. The lowest BCUT2D eigenvalue weighted by Gasteiger charge is -2.11. The van der Waals surface area contributed by atoms with E-state index in [4.69, 9.17) is 21.4 Å². The Bertz CT molecular complexity index is 654. The molecular formula is C21H30ClNO4. The van der Waals surface area contributed by atoms with Crippen molar-refractivity contribution in [1.29, 1.82) is 0 Å². The van der Waals surface area contributed by atoms with Gasteiger partial charge in [-0.15, -0.1) is 11.6 Å². The van der Waals surface area contributed by atoms with Crippen molar-refractivity contribution in [3.8, 4) is 5.75 Å². The Hall–Kier alpha value is -2.08. The molecule has 1 amide bonds. The summed E-state index contributed by atoms with van der Waals surface area (Å²) in [6.45, 7) is 5.50. The van der Waals surface area contributed by atoms with Crippen molar-refractivity contribution in [2.24, 2.45) is 0 Å². The average Bonchev–Trinajstić information content (AvgIpc) is 2.70. The number of aliphatic hydroxyl groups excluding tert-OH is 2. The second-order valence-electron chi connectivity index (χ2n) is 5.59. The molecule has 0 aliphatic heterocycles. The maximum Gasteiger partial charge on any atom is 0.251 e. The van der Waals surface area contributed by atoms with Gasteiger partial charge in [0, 0.05) is 23.6 Å². The molecule has 3 N–H and O–H groups in total. The van der Waals surface area contributed by atoms with Crippen LogP contribution in [0.1, 0.15) is 36.7 Å². The number of allylic oxidation sites excluding steroid dienone is 5. The quantitative estimate of drug-likeness (QED) is 0.357. The molecule has 0 saturated heterocycles. The maximum atomic E-state index is 12.0. The first-order valence-corrected chi connectivity index (χ1v) is 9.20. The Balaban J connectivity index is 0.00000119. The van der Waals surface area contributed by atoms with Crippen molar-refractivity contribution in [3.63, 3.8) is 0 Å². The monoisotopic (exact) mass is 395 g/mol. The largest absolute Gasteiger partial charge is 0.496 e. The third-order valence-electron chi connectivity index (χ3n) is 3.51. The molecule has 150 valence electrons. The number of aliphatic hydroxyl groups is 2. The predicted octanol–water partition coefficient (Wildman–Crippen LogP) is 3.56. The van der Waals surface area contributed by atoms with E-state index in [9.17, 15) is 9.90 Å². The molecule has 0 saturated carbocycles. The van der Waals surface area contributed by atoms with Crippen molar-refractivity contribution >= 4 is 23.6 Å². The lowest BCUT2D eigenvalue weighted by Crippen LogP contribution is -2.33. The highest BCUT2D eigenvalue weighted by Gasteiger charge is 2.10. The highest BCUT2D eigenvalue weighted by molar-refractivity contribution is 6.18. The van der Waals surface area contributed by atoms with Gasteiger partial charge in [-0.2, -0.15) is 0 Å². The molecule has 0 spiro atoms. The third kappa shape index (κ3) is 10.6. The van der Waals surface area contributed by atoms with Crippen LogP contribution in [0.3, 0.4) is 0 Å². The van der Waals surface area contributed by atoms with Crippen molar-refractivity contribution in [3.05, 3.63) is 59.2 Å². The number of methoxy groups -OCH3 is 1. The average molecular weight is 396 g/mol. The van der Waals surface area contributed by atoms with Crippen LogP contribution in [0.25, 0.3) is 6.08 Å². The van der Waals surface area contributed by atoms with Crippen LogP contribution in [-0.2, 0) is 0 Å². The van der Waals surface area contributed by atoms with Crippen LogP contribution < -0.4 is 10.1 Å². The molecule has 1 aromatic carbocycles. The Kier molecular flexibility index (Phi) is 13.9. The number of benzene rings is 1. The van der Waals surface area contributed by atoms with Crippen LogP contribution >= 0.6 is 11.6 Å². The number of alkyl halides is 1. The molecule has 0 fully saturated rings. The molecule has 1 rings (SSSR count). The topological polar surface area (TPSA) is 78.8 Å². The molecule has 6 heteroatoms. The van der Waals surface area contributed by atoms with Gasteiger partial charge in [-0.1, -0.05) is 36.0 Å². The fourth-order valence-electron chi connectivity index (χ4n) is 1.79. The SMILES string of the molecule is C/C=C(C)/C=C/c1cc(C(=O)NCC(O)CO)ccc1OC.C/C=C\CCl. The van der Waals surface area contributed by atoms with Crippen molar-refractivity contribution < 1.29 is 19.7 Å². The Morgan fingerprint density at radius 3 is 2.56 bits per heavy atom. The van der Waals surface area contributed by atoms with Gasteiger partial charge in [-0.05, 0) is 39.0 Å².